The lowest BCUT2D eigenvalue weighted by atomic mass is 10.0. The Labute approximate surface area is 218 Å². The predicted octanol–water partition coefficient (Wildman–Crippen LogP) is 6.40. The molecule has 4 aromatic rings. The van der Waals surface area contributed by atoms with Crippen molar-refractivity contribution in [2.24, 2.45) is 17.6 Å². The molecule has 2 aromatic carbocycles. The third kappa shape index (κ3) is 3.84. The molecule has 2 aromatic heterocycles. The van der Waals surface area contributed by atoms with Crippen molar-refractivity contribution in [1.82, 2.24) is 5.32 Å². The van der Waals surface area contributed by atoms with Crippen molar-refractivity contribution in [1.29, 1.82) is 0 Å². The molecule has 1 saturated heterocycles. The van der Waals surface area contributed by atoms with Crippen molar-refractivity contribution in [2.45, 2.75) is 23.7 Å². The lowest BCUT2D eigenvalue weighted by Gasteiger charge is -2.11. The molecular weight excluding hydrogens is 580 g/mol. The van der Waals surface area contributed by atoms with E-state index in [0.29, 0.717) is 17.9 Å². The third-order valence-electron chi connectivity index (χ3n) is 7.82. The Bertz CT molecular complexity index is 1350. The van der Waals surface area contributed by atoms with E-state index in [1.165, 1.54) is 49.0 Å². The van der Waals surface area contributed by atoms with E-state index in [-0.39, 0.29) is 12.0 Å². The van der Waals surface area contributed by atoms with Crippen LogP contribution in [0.3, 0.4) is 0 Å². The van der Waals surface area contributed by atoms with Gasteiger partial charge in [0.05, 0.1) is 0 Å². The molecule has 1 aliphatic heterocycles. The lowest BCUT2D eigenvalue weighted by molar-refractivity contribution is 0.264. The van der Waals surface area contributed by atoms with E-state index in [1.54, 1.807) is 4.88 Å². The van der Waals surface area contributed by atoms with Gasteiger partial charge in [-0.15, -0.1) is 22.7 Å². The fourth-order valence-corrected chi connectivity index (χ4v) is 8.92. The molecule has 3 nitrogen and oxygen atoms in total. The largest absolute Gasteiger partial charge is 0.396 e. The van der Waals surface area contributed by atoms with Crippen molar-refractivity contribution >= 4 is 74.7 Å². The van der Waals surface area contributed by atoms with E-state index in [9.17, 15) is 5.11 Å². The van der Waals surface area contributed by atoms with Crippen LogP contribution in [0, 0.1) is 11.8 Å². The standard InChI is InChI=1S/C13H14BrNOS.C13H12BrNS/c14-10-1-2-11-8(3-10)4-12(17-11)13(7-15)5-9(13)6-16;14-10-1-2-11-8(3-10)4-12(16-11)13-5-9(13)6-15-7-13/h1-4,9,16H,5-7,15H2;1-4,9,15H,5-7H2. The number of hydrogen-bond acceptors (Lipinski definition) is 5. The quantitative estimate of drug-likeness (QED) is 0.252. The second-order valence-electron chi connectivity index (χ2n) is 9.72. The van der Waals surface area contributed by atoms with E-state index in [0.717, 1.165) is 16.8 Å². The average molecular weight is 606 g/mol. The number of nitrogens with two attached hydrogens (primary N) is 1. The summed E-state index contributed by atoms with van der Waals surface area (Å²) >= 11 is 10.8. The first-order valence-corrected chi connectivity index (χ1v) is 14.6. The highest BCUT2D eigenvalue weighted by molar-refractivity contribution is 9.10. The van der Waals surface area contributed by atoms with Gasteiger partial charge in [-0.1, -0.05) is 31.9 Å². The van der Waals surface area contributed by atoms with Gasteiger partial charge in [-0.3, -0.25) is 0 Å². The summed E-state index contributed by atoms with van der Waals surface area (Å²) in [6.07, 6.45) is 2.42. The van der Waals surface area contributed by atoms with Gasteiger partial charge < -0.3 is 16.2 Å². The number of benzene rings is 2. The summed E-state index contributed by atoms with van der Waals surface area (Å²) in [6.45, 7) is 3.28. The van der Waals surface area contributed by atoms with Crippen molar-refractivity contribution in [3.63, 3.8) is 0 Å². The predicted molar refractivity (Wildman–Crippen MR) is 148 cm³/mol. The van der Waals surface area contributed by atoms with Crippen LogP contribution in [0.2, 0.25) is 0 Å². The van der Waals surface area contributed by atoms with Crippen molar-refractivity contribution < 1.29 is 5.11 Å². The molecule has 7 heteroatoms. The minimum atomic E-state index is 0.0465. The normalized spacial score (nSPS) is 29.7. The van der Waals surface area contributed by atoms with Crippen molar-refractivity contribution in [3.8, 4) is 0 Å². The number of rotatable bonds is 4. The van der Waals surface area contributed by atoms with E-state index in [2.05, 4.69) is 85.7 Å². The maximum absolute atomic E-state index is 9.29. The Morgan fingerprint density at radius 2 is 1.58 bits per heavy atom. The average Bonchev–Trinajstić information content (AvgIpc) is 3.48. The van der Waals surface area contributed by atoms with Crippen LogP contribution in [-0.2, 0) is 10.8 Å². The van der Waals surface area contributed by atoms with E-state index in [1.807, 2.05) is 22.7 Å². The van der Waals surface area contributed by atoms with Crippen LogP contribution >= 0.6 is 54.5 Å². The summed E-state index contributed by atoms with van der Waals surface area (Å²) in [7, 11) is 0. The summed E-state index contributed by atoms with van der Waals surface area (Å²) in [4.78, 5) is 2.92. The molecule has 0 bridgehead atoms. The van der Waals surface area contributed by atoms with Crippen LogP contribution in [0.5, 0.6) is 0 Å². The van der Waals surface area contributed by atoms with Crippen LogP contribution in [0.4, 0.5) is 0 Å². The molecule has 2 saturated carbocycles. The second kappa shape index (κ2) is 8.40. The van der Waals surface area contributed by atoms with Crippen LogP contribution in [0.1, 0.15) is 22.6 Å². The molecule has 2 aliphatic carbocycles. The molecule has 3 aliphatic rings. The number of nitrogens with one attached hydrogen (secondary N) is 1. The van der Waals surface area contributed by atoms with Crippen molar-refractivity contribution in [2.75, 3.05) is 26.2 Å². The maximum atomic E-state index is 9.29. The monoisotopic (exact) mass is 604 g/mol. The van der Waals surface area contributed by atoms with Crippen molar-refractivity contribution in [3.05, 3.63) is 67.2 Å². The molecule has 0 radical (unpaired) electrons. The van der Waals surface area contributed by atoms with Crippen LogP contribution in [0.25, 0.3) is 20.2 Å². The van der Waals surface area contributed by atoms with Crippen LogP contribution in [0.15, 0.2) is 57.5 Å². The second-order valence-corrected chi connectivity index (χ2v) is 13.7. The molecule has 33 heavy (non-hydrogen) atoms. The fourth-order valence-electron chi connectivity index (χ4n) is 5.51. The third-order valence-corrected chi connectivity index (χ3v) is 11.5. The van der Waals surface area contributed by atoms with Gasteiger partial charge in [0.15, 0.2) is 0 Å². The van der Waals surface area contributed by atoms with Gasteiger partial charge in [-0.05, 0) is 90.5 Å². The summed E-state index contributed by atoms with van der Waals surface area (Å²) in [5.41, 5.74) is 6.46. The van der Waals surface area contributed by atoms with Gasteiger partial charge in [-0.25, -0.2) is 0 Å². The fraction of sp³-hybridized carbons (Fsp3) is 0.385. The Balaban J connectivity index is 0.000000125. The first kappa shape index (κ1) is 22.7. The zero-order valence-electron chi connectivity index (χ0n) is 18.1. The Hall–Kier alpha value is -0.800. The zero-order valence-corrected chi connectivity index (χ0v) is 22.9. The molecule has 172 valence electrons. The van der Waals surface area contributed by atoms with Gasteiger partial charge in [0, 0.05) is 58.6 Å². The first-order chi connectivity index (χ1) is 16.0. The highest BCUT2D eigenvalue weighted by Gasteiger charge is 2.59. The molecule has 0 amide bonds. The van der Waals surface area contributed by atoms with Gasteiger partial charge in [0.25, 0.3) is 0 Å². The summed E-state index contributed by atoms with van der Waals surface area (Å²) in [5, 5.41) is 15.5. The minimum Gasteiger partial charge on any atom is -0.396 e. The molecule has 3 fully saturated rings. The zero-order chi connectivity index (χ0) is 22.8. The number of aliphatic hydroxyl groups is 1. The molecule has 7 rings (SSSR count). The lowest BCUT2D eigenvalue weighted by Crippen LogP contribution is -2.22. The van der Waals surface area contributed by atoms with E-state index >= 15 is 0 Å². The Kier molecular flexibility index (Phi) is 5.77. The van der Waals surface area contributed by atoms with Gasteiger partial charge in [0.1, 0.15) is 0 Å². The number of thiophene rings is 2. The number of piperidine rings is 1. The summed E-state index contributed by atoms with van der Waals surface area (Å²) in [6, 6.07) is 17.6. The van der Waals surface area contributed by atoms with Crippen LogP contribution in [-0.4, -0.2) is 31.3 Å². The van der Waals surface area contributed by atoms with Gasteiger partial charge in [-0.2, -0.15) is 0 Å². The molecule has 4 atom stereocenters. The Morgan fingerprint density at radius 1 is 0.939 bits per heavy atom. The number of halogens is 2. The molecule has 3 heterocycles. The highest BCUT2D eigenvalue weighted by atomic mass is 79.9. The molecule has 4 N–H and O–H groups in total. The first-order valence-electron chi connectivity index (χ1n) is 11.4. The molecular formula is C26H26Br2N2OS2. The number of aliphatic hydroxyl groups excluding tert-OH is 1. The van der Waals surface area contributed by atoms with E-state index in [4.69, 9.17) is 5.73 Å². The molecule has 0 spiro atoms. The topological polar surface area (TPSA) is 58.3 Å². The number of fused-ring (bicyclic) bond motifs is 3. The van der Waals surface area contributed by atoms with E-state index < -0.39 is 0 Å². The Morgan fingerprint density at radius 3 is 2.09 bits per heavy atom. The van der Waals surface area contributed by atoms with Crippen LogP contribution < -0.4 is 11.1 Å². The molecule has 4 unspecified atom stereocenters. The van der Waals surface area contributed by atoms with Gasteiger partial charge >= 0.3 is 0 Å². The minimum absolute atomic E-state index is 0.0465. The SMILES string of the molecule is Brc1ccc2sc(C34CNCC3C4)cc2c1.NCC1(c2cc3cc(Br)ccc3s2)CC1CO. The summed E-state index contributed by atoms with van der Waals surface area (Å²) in [5.74, 6) is 1.26. The maximum Gasteiger partial charge on any atom is 0.0468 e. The highest BCUT2D eigenvalue weighted by Crippen LogP contribution is 2.59. The summed E-state index contributed by atoms with van der Waals surface area (Å²) < 4.78 is 4.99. The number of hydrogen-bond donors (Lipinski definition) is 3. The smallest absolute Gasteiger partial charge is 0.0468 e. The van der Waals surface area contributed by atoms with Gasteiger partial charge in [0.2, 0.25) is 0 Å².